The van der Waals surface area contributed by atoms with Crippen LogP contribution in [0.15, 0.2) is 45.1 Å². The van der Waals surface area contributed by atoms with Gasteiger partial charge in [0.25, 0.3) is 0 Å². The molecule has 2 atom stereocenters. The van der Waals surface area contributed by atoms with Crippen LogP contribution >= 0.6 is 50.6 Å². The highest BCUT2D eigenvalue weighted by atomic mass is 79.9. The van der Waals surface area contributed by atoms with Gasteiger partial charge in [0.2, 0.25) is 0 Å². The number of thioether (sulfide) groups is 1. The van der Waals surface area contributed by atoms with Gasteiger partial charge in [-0.3, -0.25) is 0 Å². The molecule has 0 radical (unpaired) electrons. The maximum atomic E-state index is 6.10. The molecule has 0 aliphatic rings. The monoisotopic (exact) mass is 361 g/mol. The quantitative estimate of drug-likeness (QED) is 0.742. The molecule has 0 saturated heterocycles. The second-order valence-corrected chi connectivity index (χ2v) is 7.53. The van der Waals surface area contributed by atoms with Gasteiger partial charge in [-0.1, -0.05) is 11.6 Å². The Bertz CT molecular complexity index is 510. The molecule has 1 nitrogen and oxygen atoms in total. The van der Waals surface area contributed by atoms with E-state index in [1.807, 2.05) is 31.2 Å². The van der Waals surface area contributed by atoms with Crippen LogP contribution in [-0.4, -0.2) is 6.04 Å². The Morgan fingerprint density at radius 3 is 2.50 bits per heavy atom. The van der Waals surface area contributed by atoms with Gasteiger partial charge in [-0.25, -0.2) is 0 Å². The molecule has 96 valence electrons. The standard InChI is InChI=1S/C13H13BrClNS2/c1-8(16)13(12-6-9(14)7-17-12)18-11-4-2-10(15)3-5-11/h2-8,13H,16H2,1H3. The Morgan fingerprint density at radius 2 is 2.00 bits per heavy atom. The Hall–Kier alpha value is -0.0000000000000000833. The first kappa shape index (κ1) is 14.4. The van der Waals surface area contributed by atoms with E-state index in [9.17, 15) is 0 Å². The molecular weight excluding hydrogens is 350 g/mol. The van der Waals surface area contributed by atoms with Gasteiger partial charge in [0.05, 0.1) is 5.25 Å². The van der Waals surface area contributed by atoms with Gasteiger partial charge in [-0.2, -0.15) is 0 Å². The summed E-state index contributed by atoms with van der Waals surface area (Å²) >= 11 is 12.9. The molecule has 2 unspecified atom stereocenters. The van der Waals surface area contributed by atoms with Crippen molar-refractivity contribution in [2.24, 2.45) is 5.73 Å². The third kappa shape index (κ3) is 3.75. The molecule has 5 heteroatoms. The molecular formula is C13H13BrClNS2. The fraction of sp³-hybridized carbons (Fsp3) is 0.231. The van der Waals surface area contributed by atoms with E-state index in [1.165, 1.54) is 9.77 Å². The first-order valence-electron chi connectivity index (χ1n) is 5.48. The van der Waals surface area contributed by atoms with Gasteiger partial charge in [0, 0.05) is 30.7 Å². The first-order valence-corrected chi connectivity index (χ1v) is 8.41. The number of nitrogens with two attached hydrogens (primary N) is 1. The third-order valence-electron chi connectivity index (χ3n) is 2.42. The van der Waals surface area contributed by atoms with Crippen LogP contribution in [0.2, 0.25) is 5.02 Å². The molecule has 0 spiro atoms. The minimum atomic E-state index is 0.0937. The summed E-state index contributed by atoms with van der Waals surface area (Å²) in [4.78, 5) is 2.48. The zero-order valence-corrected chi connectivity index (χ0v) is 13.7. The summed E-state index contributed by atoms with van der Waals surface area (Å²) in [6.07, 6.45) is 0. The van der Waals surface area contributed by atoms with Crippen LogP contribution in [0.3, 0.4) is 0 Å². The van der Waals surface area contributed by atoms with Crippen molar-refractivity contribution in [3.05, 3.63) is 50.1 Å². The number of halogens is 2. The Morgan fingerprint density at radius 1 is 1.33 bits per heavy atom. The molecule has 0 aliphatic carbocycles. The van der Waals surface area contributed by atoms with Crippen molar-refractivity contribution in [1.82, 2.24) is 0 Å². The van der Waals surface area contributed by atoms with Crippen molar-refractivity contribution in [3.8, 4) is 0 Å². The maximum Gasteiger partial charge on any atom is 0.0586 e. The molecule has 1 aromatic heterocycles. The van der Waals surface area contributed by atoms with E-state index in [1.54, 1.807) is 23.1 Å². The first-order chi connectivity index (χ1) is 8.56. The normalized spacial score (nSPS) is 14.4. The molecule has 0 fully saturated rings. The lowest BCUT2D eigenvalue weighted by molar-refractivity contribution is 0.730. The summed E-state index contributed by atoms with van der Waals surface area (Å²) in [5.74, 6) is 0. The van der Waals surface area contributed by atoms with E-state index in [0.717, 1.165) is 9.50 Å². The summed E-state index contributed by atoms with van der Waals surface area (Å²) in [5.41, 5.74) is 6.10. The fourth-order valence-corrected chi connectivity index (χ4v) is 4.52. The highest BCUT2D eigenvalue weighted by Gasteiger charge is 2.19. The van der Waals surface area contributed by atoms with Crippen molar-refractivity contribution < 1.29 is 0 Å². The largest absolute Gasteiger partial charge is 0.327 e. The average molecular weight is 363 g/mol. The van der Waals surface area contributed by atoms with Gasteiger partial charge < -0.3 is 5.73 Å². The van der Waals surface area contributed by atoms with Crippen molar-refractivity contribution in [2.45, 2.75) is 23.1 Å². The van der Waals surface area contributed by atoms with Crippen LogP contribution in [0, 0.1) is 0 Å². The van der Waals surface area contributed by atoms with Crippen molar-refractivity contribution in [3.63, 3.8) is 0 Å². The second kappa shape index (κ2) is 6.44. The van der Waals surface area contributed by atoms with Crippen LogP contribution < -0.4 is 5.73 Å². The van der Waals surface area contributed by atoms with Crippen molar-refractivity contribution >= 4 is 50.6 Å². The van der Waals surface area contributed by atoms with Crippen LogP contribution in [0.4, 0.5) is 0 Å². The summed E-state index contributed by atoms with van der Waals surface area (Å²) in [6, 6.07) is 10.1. The number of rotatable bonds is 4. The highest BCUT2D eigenvalue weighted by Crippen LogP contribution is 2.40. The minimum Gasteiger partial charge on any atom is -0.327 e. The number of benzene rings is 1. The Labute approximate surface area is 129 Å². The summed E-state index contributed by atoms with van der Waals surface area (Å²) in [6.45, 7) is 2.04. The van der Waals surface area contributed by atoms with E-state index in [0.29, 0.717) is 0 Å². The molecule has 0 amide bonds. The third-order valence-corrected chi connectivity index (χ3v) is 6.08. The lowest BCUT2D eigenvalue weighted by Gasteiger charge is -2.19. The van der Waals surface area contributed by atoms with Crippen molar-refractivity contribution in [1.29, 1.82) is 0 Å². The molecule has 2 rings (SSSR count). The van der Waals surface area contributed by atoms with E-state index in [-0.39, 0.29) is 11.3 Å². The topological polar surface area (TPSA) is 26.0 Å². The highest BCUT2D eigenvalue weighted by molar-refractivity contribution is 9.10. The van der Waals surface area contributed by atoms with Crippen LogP contribution in [0.1, 0.15) is 17.1 Å². The van der Waals surface area contributed by atoms with Gasteiger partial charge >= 0.3 is 0 Å². The SMILES string of the molecule is CC(N)C(Sc1ccc(Cl)cc1)c1cc(Br)cs1. The summed E-state index contributed by atoms with van der Waals surface area (Å²) in [7, 11) is 0. The zero-order chi connectivity index (χ0) is 13.1. The summed E-state index contributed by atoms with van der Waals surface area (Å²) in [5, 5.41) is 3.12. The van der Waals surface area contributed by atoms with E-state index < -0.39 is 0 Å². The number of hydrogen-bond acceptors (Lipinski definition) is 3. The maximum absolute atomic E-state index is 6.10. The lowest BCUT2D eigenvalue weighted by atomic mass is 10.2. The van der Waals surface area contributed by atoms with E-state index in [4.69, 9.17) is 17.3 Å². The fourth-order valence-electron chi connectivity index (χ4n) is 1.56. The zero-order valence-electron chi connectivity index (χ0n) is 9.77. The van der Waals surface area contributed by atoms with Gasteiger partial charge in [0.15, 0.2) is 0 Å². The Kier molecular flexibility index (Phi) is 5.15. The molecule has 1 aromatic carbocycles. The van der Waals surface area contributed by atoms with Gasteiger partial charge in [-0.05, 0) is 53.2 Å². The predicted molar refractivity (Wildman–Crippen MR) is 85.7 cm³/mol. The molecule has 2 N–H and O–H groups in total. The number of hydrogen-bond donors (Lipinski definition) is 1. The minimum absolute atomic E-state index is 0.0937. The van der Waals surface area contributed by atoms with Crippen LogP contribution in [0.25, 0.3) is 0 Å². The molecule has 0 aliphatic heterocycles. The predicted octanol–water partition coefficient (Wildman–Crippen LogP) is 5.34. The van der Waals surface area contributed by atoms with Gasteiger partial charge in [-0.15, -0.1) is 23.1 Å². The average Bonchev–Trinajstić information content (AvgIpc) is 2.74. The van der Waals surface area contributed by atoms with E-state index >= 15 is 0 Å². The lowest BCUT2D eigenvalue weighted by Crippen LogP contribution is -2.21. The second-order valence-electron chi connectivity index (χ2n) is 4.02. The molecule has 0 saturated carbocycles. The Balaban J connectivity index is 2.19. The molecule has 0 bridgehead atoms. The van der Waals surface area contributed by atoms with Crippen LogP contribution in [-0.2, 0) is 0 Å². The smallest absolute Gasteiger partial charge is 0.0586 e. The number of thiophene rings is 1. The molecule has 18 heavy (non-hydrogen) atoms. The molecule has 1 heterocycles. The van der Waals surface area contributed by atoms with Crippen LogP contribution in [0.5, 0.6) is 0 Å². The summed E-state index contributed by atoms with van der Waals surface area (Å²) < 4.78 is 1.12. The van der Waals surface area contributed by atoms with Crippen molar-refractivity contribution in [2.75, 3.05) is 0 Å². The van der Waals surface area contributed by atoms with Gasteiger partial charge in [0.1, 0.15) is 0 Å². The molecule has 2 aromatic rings. The van der Waals surface area contributed by atoms with E-state index in [2.05, 4.69) is 27.4 Å².